The molecule has 0 radical (unpaired) electrons. The van der Waals surface area contributed by atoms with Crippen molar-refractivity contribution in [3.05, 3.63) is 129 Å². The molecule has 0 saturated carbocycles. The molecule has 3 N–H and O–H groups in total. The van der Waals surface area contributed by atoms with Crippen LogP contribution in [-0.4, -0.2) is 15.1 Å². The first-order valence-corrected chi connectivity index (χ1v) is 12.8. The fourth-order valence-electron chi connectivity index (χ4n) is 6.01. The van der Waals surface area contributed by atoms with Crippen LogP contribution in [0, 0.1) is 20.8 Å². The third-order valence-corrected chi connectivity index (χ3v) is 7.61. The summed E-state index contributed by atoms with van der Waals surface area (Å²) in [6.45, 7) is 10.7. The first kappa shape index (κ1) is 23.4. The summed E-state index contributed by atoms with van der Waals surface area (Å²) in [5, 5.41) is 12.9. The van der Waals surface area contributed by atoms with Crippen molar-refractivity contribution >= 4 is 0 Å². The van der Waals surface area contributed by atoms with Crippen LogP contribution in [-0.2, 0) is 18.4 Å². The zero-order valence-corrected chi connectivity index (χ0v) is 21.4. The van der Waals surface area contributed by atoms with Gasteiger partial charge in [0.25, 0.3) is 0 Å². The van der Waals surface area contributed by atoms with Gasteiger partial charge in [-0.05, 0) is 68.0 Å². The number of aliphatic hydroxyl groups is 1. The number of hydrogen-bond donors (Lipinski definition) is 3. The number of hydrogen-bond acceptors (Lipinski definition) is 1. The van der Waals surface area contributed by atoms with E-state index in [2.05, 4.69) is 117 Å². The Morgan fingerprint density at radius 3 is 1.46 bits per heavy atom. The molecule has 2 aromatic heterocycles. The van der Waals surface area contributed by atoms with E-state index >= 15 is 0 Å². The van der Waals surface area contributed by atoms with Crippen molar-refractivity contribution in [3.63, 3.8) is 0 Å². The zero-order chi connectivity index (χ0) is 24.7. The summed E-state index contributed by atoms with van der Waals surface area (Å²) in [7, 11) is 0. The number of nitrogens with one attached hydrogen (secondary N) is 2. The zero-order valence-electron chi connectivity index (χ0n) is 21.4. The Labute approximate surface area is 209 Å². The lowest BCUT2D eigenvalue weighted by Crippen LogP contribution is -2.32. The van der Waals surface area contributed by atoms with Gasteiger partial charge in [-0.25, -0.2) is 0 Å². The first-order chi connectivity index (χ1) is 16.9. The molecule has 35 heavy (non-hydrogen) atoms. The molecule has 3 heteroatoms. The SMILES string of the molecule is CCc1cc(C(O)(c2cc(CC)c(C3C=CC=C3)[nH]2)c2c(C)cc(C)cc2C)[nH]c1C1C=CC=C1. The summed E-state index contributed by atoms with van der Waals surface area (Å²) in [5.41, 5.74) is 9.46. The molecule has 2 aliphatic carbocycles. The number of aromatic amines is 2. The van der Waals surface area contributed by atoms with Crippen LogP contribution in [0.15, 0.2) is 72.9 Å². The van der Waals surface area contributed by atoms with Gasteiger partial charge in [-0.15, -0.1) is 0 Å². The topological polar surface area (TPSA) is 51.8 Å². The Hall–Kier alpha value is -3.30. The maximum Gasteiger partial charge on any atom is 0.170 e. The lowest BCUT2D eigenvalue weighted by atomic mass is 9.81. The van der Waals surface area contributed by atoms with Gasteiger partial charge in [0, 0.05) is 28.8 Å². The highest BCUT2D eigenvalue weighted by molar-refractivity contribution is 5.54. The van der Waals surface area contributed by atoms with Crippen LogP contribution in [0.3, 0.4) is 0 Å². The highest BCUT2D eigenvalue weighted by Gasteiger charge is 2.41. The maximum atomic E-state index is 12.9. The average Bonchev–Trinajstić information content (AvgIpc) is 3.62. The van der Waals surface area contributed by atoms with E-state index in [1.807, 2.05) is 0 Å². The van der Waals surface area contributed by atoms with Gasteiger partial charge in [0.05, 0.1) is 11.4 Å². The van der Waals surface area contributed by atoms with E-state index in [0.29, 0.717) is 0 Å². The largest absolute Gasteiger partial charge is 0.373 e. The molecule has 180 valence electrons. The van der Waals surface area contributed by atoms with E-state index in [9.17, 15) is 5.11 Å². The van der Waals surface area contributed by atoms with Crippen molar-refractivity contribution in [1.82, 2.24) is 9.97 Å². The second kappa shape index (κ2) is 9.05. The molecule has 0 saturated heterocycles. The Morgan fingerprint density at radius 1 is 0.686 bits per heavy atom. The molecule has 5 rings (SSSR count). The van der Waals surface area contributed by atoms with E-state index in [0.717, 1.165) is 52.3 Å². The molecule has 0 atom stereocenters. The van der Waals surface area contributed by atoms with Crippen molar-refractivity contribution < 1.29 is 5.11 Å². The number of aromatic nitrogens is 2. The average molecular weight is 465 g/mol. The molecule has 0 bridgehead atoms. The molecule has 0 fully saturated rings. The number of benzene rings is 1. The maximum absolute atomic E-state index is 12.9. The van der Waals surface area contributed by atoms with Crippen LogP contribution in [0.2, 0.25) is 0 Å². The number of allylic oxidation sites excluding steroid dienone is 8. The Bertz CT molecular complexity index is 1250. The lowest BCUT2D eigenvalue weighted by Gasteiger charge is -2.31. The quantitative estimate of drug-likeness (QED) is 0.343. The summed E-state index contributed by atoms with van der Waals surface area (Å²) in [4.78, 5) is 7.39. The molecular formula is C32H36N2O. The molecule has 2 heterocycles. The fourth-order valence-corrected chi connectivity index (χ4v) is 6.01. The molecule has 3 aromatic rings. The van der Waals surface area contributed by atoms with Gasteiger partial charge < -0.3 is 15.1 Å². The predicted molar refractivity (Wildman–Crippen MR) is 145 cm³/mol. The highest BCUT2D eigenvalue weighted by atomic mass is 16.3. The van der Waals surface area contributed by atoms with Crippen LogP contribution < -0.4 is 0 Å². The van der Waals surface area contributed by atoms with Crippen LogP contribution in [0.4, 0.5) is 0 Å². The third-order valence-electron chi connectivity index (χ3n) is 7.61. The van der Waals surface area contributed by atoms with E-state index in [-0.39, 0.29) is 11.8 Å². The minimum atomic E-state index is -1.33. The summed E-state index contributed by atoms with van der Waals surface area (Å²) >= 11 is 0. The number of aryl methyl sites for hydroxylation is 5. The van der Waals surface area contributed by atoms with Crippen LogP contribution >= 0.6 is 0 Å². The van der Waals surface area contributed by atoms with Crippen molar-refractivity contribution in [3.8, 4) is 0 Å². The van der Waals surface area contributed by atoms with Crippen LogP contribution in [0.25, 0.3) is 0 Å². The van der Waals surface area contributed by atoms with E-state index in [1.165, 1.54) is 16.7 Å². The normalized spacial score (nSPS) is 15.8. The third kappa shape index (κ3) is 3.88. The Balaban J connectivity index is 1.76. The predicted octanol–water partition coefficient (Wildman–Crippen LogP) is 7.10. The molecule has 2 aliphatic rings. The fraction of sp³-hybridized carbons (Fsp3) is 0.312. The van der Waals surface area contributed by atoms with Gasteiger partial charge in [0.1, 0.15) is 0 Å². The first-order valence-electron chi connectivity index (χ1n) is 12.8. The number of rotatable bonds is 7. The Kier molecular flexibility index (Phi) is 6.06. The molecule has 0 aliphatic heterocycles. The minimum absolute atomic E-state index is 0.210. The summed E-state index contributed by atoms with van der Waals surface area (Å²) in [6.07, 6.45) is 19.0. The molecule has 1 aromatic carbocycles. The summed E-state index contributed by atoms with van der Waals surface area (Å²) in [5.74, 6) is 0.421. The lowest BCUT2D eigenvalue weighted by molar-refractivity contribution is 0.115. The van der Waals surface area contributed by atoms with E-state index < -0.39 is 5.60 Å². The minimum Gasteiger partial charge on any atom is -0.373 e. The smallest absolute Gasteiger partial charge is 0.170 e. The molecular weight excluding hydrogens is 428 g/mol. The van der Waals surface area contributed by atoms with Gasteiger partial charge in [0.15, 0.2) is 5.60 Å². The van der Waals surface area contributed by atoms with Gasteiger partial charge in [0.2, 0.25) is 0 Å². The molecule has 3 nitrogen and oxygen atoms in total. The molecule has 0 unspecified atom stereocenters. The number of H-pyrrole nitrogens is 2. The van der Waals surface area contributed by atoms with Gasteiger partial charge in [-0.2, -0.15) is 0 Å². The summed E-state index contributed by atoms with van der Waals surface area (Å²) < 4.78 is 0. The molecule has 0 spiro atoms. The van der Waals surface area contributed by atoms with Crippen LogP contribution in [0.1, 0.15) is 81.8 Å². The van der Waals surface area contributed by atoms with Crippen molar-refractivity contribution in [2.24, 2.45) is 0 Å². The van der Waals surface area contributed by atoms with Crippen molar-refractivity contribution in [1.29, 1.82) is 0 Å². The molecule has 0 amide bonds. The van der Waals surface area contributed by atoms with Gasteiger partial charge in [-0.1, -0.05) is 80.2 Å². The second-order valence-electron chi connectivity index (χ2n) is 10.0. The standard InChI is InChI=1S/C32H36N2O/c1-6-23-18-27(33-30(23)25-12-8-9-13-25)32(35,29-21(4)16-20(3)17-22(29)5)28-19-24(7-2)31(34-28)26-14-10-11-15-26/h8-19,25-26,33-35H,6-7H2,1-5H3. The second-order valence-corrected chi connectivity index (χ2v) is 10.0. The van der Waals surface area contributed by atoms with E-state index in [4.69, 9.17) is 0 Å². The van der Waals surface area contributed by atoms with Gasteiger partial charge >= 0.3 is 0 Å². The van der Waals surface area contributed by atoms with Crippen molar-refractivity contribution in [2.45, 2.75) is 64.9 Å². The van der Waals surface area contributed by atoms with Crippen LogP contribution in [0.5, 0.6) is 0 Å². The van der Waals surface area contributed by atoms with Gasteiger partial charge in [-0.3, -0.25) is 0 Å². The van der Waals surface area contributed by atoms with E-state index in [1.54, 1.807) is 0 Å². The summed E-state index contributed by atoms with van der Waals surface area (Å²) in [6, 6.07) is 8.70. The Morgan fingerprint density at radius 2 is 1.09 bits per heavy atom. The highest BCUT2D eigenvalue weighted by Crippen LogP contribution is 2.43. The van der Waals surface area contributed by atoms with Crippen molar-refractivity contribution in [2.75, 3.05) is 0 Å². The monoisotopic (exact) mass is 464 g/mol.